The lowest BCUT2D eigenvalue weighted by molar-refractivity contribution is 0.500. The van der Waals surface area contributed by atoms with Gasteiger partial charge >= 0.3 is 0 Å². The second kappa shape index (κ2) is 5.15. The predicted molar refractivity (Wildman–Crippen MR) is 69.0 cm³/mol. The Balaban J connectivity index is 2.24. The van der Waals surface area contributed by atoms with E-state index in [1.807, 2.05) is 7.05 Å². The highest BCUT2D eigenvalue weighted by molar-refractivity contribution is 5.58. The SMILES string of the molecule is CNCCc1ncc(-c2cc(C)cc(C)c2)o1. The van der Waals surface area contributed by atoms with Crippen LogP contribution in [-0.4, -0.2) is 18.6 Å². The minimum Gasteiger partial charge on any atom is -0.441 e. The summed E-state index contributed by atoms with van der Waals surface area (Å²) in [6, 6.07) is 6.40. The van der Waals surface area contributed by atoms with Crippen LogP contribution in [-0.2, 0) is 6.42 Å². The molecule has 1 aromatic carbocycles. The highest BCUT2D eigenvalue weighted by Gasteiger charge is 2.06. The average molecular weight is 230 g/mol. The van der Waals surface area contributed by atoms with Crippen LogP contribution in [0.2, 0.25) is 0 Å². The molecule has 2 aromatic rings. The van der Waals surface area contributed by atoms with Crippen LogP contribution in [0.25, 0.3) is 11.3 Å². The molecule has 17 heavy (non-hydrogen) atoms. The van der Waals surface area contributed by atoms with E-state index < -0.39 is 0 Å². The number of nitrogens with zero attached hydrogens (tertiary/aromatic N) is 1. The Labute approximate surface area is 102 Å². The average Bonchev–Trinajstić information content (AvgIpc) is 2.73. The second-order valence-electron chi connectivity index (χ2n) is 4.35. The summed E-state index contributed by atoms with van der Waals surface area (Å²) in [6.07, 6.45) is 2.63. The van der Waals surface area contributed by atoms with Crippen molar-refractivity contribution in [3.05, 3.63) is 41.4 Å². The summed E-state index contributed by atoms with van der Waals surface area (Å²) in [5, 5.41) is 3.08. The summed E-state index contributed by atoms with van der Waals surface area (Å²) in [5.41, 5.74) is 3.59. The molecule has 3 nitrogen and oxygen atoms in total. The minimum atomic E-state index is 0.786. The first-order valence-corrected chi connectivity index (χ1v) is 5.87. The number of hydrogen-bond donors (Lipinski definition) is 1. The molecule has 0 saturated heterocycles. The number of hydrogen-bond acceptors (Lipinski definition) is 3. The van der Waals surface area contributed by atoms with Crippen molar-refractivity contribution >= 4 is 0 Å². The number of nitrogens with one attached hydrogen (secondary N) is 1. The molecule has 2 rings (SSSR count). The quantitative estimate of drug-likeness (QED) is 0.877. The Morgan fingerprint density at radius 2 is 1.88 bits per heavy atom. The Bertz CT molecular complexity index is 482. The normalized spacial score (nSPS) is 10.8. The Kier molecular flexibility index (Phi) is 3.59. The molecular formula is C14H18N2O. The largest absolute Gasteiger partial charge is 0.441 e. The lowest BCUT2D eigenvalue weighted by Crippen LogP contribution is -2.10. The van der Waals surface area contributed by atoms with Gasteiger partial charge in [0.25, 0.3) is 0 Å². The first-order chi connectivity index (χ1) is 8.19. The zero-order valence-electron chi connectivity index (χ0n) is 10.6. The van der Waals surface area contributed by atoms with E-state index in [1.165, 1.54) is 11.1 Å². The van der Waals surface area contributed by atoms with Crippen LogP contribution >= 0.6 is 0 Å². The van der Waals surface area contributed by atoms with Gasteiger partial charge in [-0.15, -0.1) is 0 Å². The number of oxazole rings is 1. The Morgan fingerprint density at radius 1 is 1.18 bits per heavy atom. The summed E-state index contributed by atoms with van der Waals surface area (Å²) in [4.78, 5) is 4.28. The summed E-state index contributed by atoms with van der Waals surface area (Å²) >= 11 is 0. The molecule has 0 spiro atoms. The minimum absolute atomic E-state index is 0.786. The van der Waals surface area contributed by atoms with Crippen molar-refractivity contribution in [1.29, 1.82) is 0 Å². The lowest BCUT2D eigenvalue weighted by Gasteiger charge is -2.01. The number of rotatable bonds is 4. The van der Waals surface area contributed by atoms with Gasteiger partial charge in [0, 0.05) is 18.5 Å². The van der Waals surface area contributed by atoms with Gasteiger partial charge in [-0.25, -0.2) is 4.98 Å². The zero-order valence-corrected chi connectivity index (χ0v) is 10.6. The van der Waals surface area contributed by atoms with Crippen LogP contribution in [0, 0.1) is 13.8 Å². The van der Waals surface area contributed by atoms with Gasteiger partial charge in [0.1, 0.15) is 0 Å². The summed E-state index contributed by atoms with van der Waals surface area (Å²) in [5.74, 6) is 1.64. The van der Waals surface area contributed by atoms with E-state index >= 15 is 0 Å². The van der Waals surface area contributed by atoms with Crippen molar-refractivity contribution in [1.82, 2.24) is 10.3 Å². The number of aromatic nitrogens is 1. The van der Waals surface area contributed by atoms with Crippen LogP contribution in [0.5, 0.6) is 0 Å². The summed E-state index contributed by atoms with van der Waals surface area (Å²) < 4.78 is 5.73. The number of benzene rings is 1. The lowest BCUT2D eigenvalue weighted by atomic mass is 10.1. The molecule has 0 aliphatic heterocycles. The maximum atomic E-state index is 5.73. The van der Waals surface area contributed by atoms with Crippen molar-refractivity contribution in [2.75, 3.05) is 13.6 Å². The molecule has 0 unspecified atom stereocenters. The van der Waals surface area contributed by atoms with Crippen LogP contribution in [0.4, 0.5) is 0 Å². The van der Waals surface area contributed by atoms with E-state index in [4.69, 9.17) is 4.42 Å². The van der Waals surface area contributed by atoms with Gasteiger partial charge in [-0.1, -0.05) is 17.2 Å². The molecule has 0 aliphatic carbocycles. The molecule has 0 bridgehead atoms. The maximum absolute atomic E-state index is 5.73. The molecule has 3 heteroatoms. The van der Waals surface area contributed by atoms with Gasteiger partial charge in [-0.05, 0) is 33.0 Å². The van der Waals surface area contributed by atoms with Crippen LogP contribution < -0.4 is 5.32 Å². The predicted octanol–water partition coefficient (Wildman–Crippen LogP) is 2.72. The third kappa shape index (κ3) is 2.94. The van der Waals surface area contributed by atoms with Gasteiger partial charge < -0.3 is 9.73 Å². The van der Waals surface area contributed by atoms with Crippen molar-refractivity contribution in [3.8, 4) is 11.3 Å². The van der Waals surface area contributed by atoms with E-state index in [0.717, 1.165) is 30.2 Å². The first kappa shape index (κ1) is 11.9. The monoisotopic (exact) mass is 230 g/mol. The van der Waals surface area contributed by atoms with Gasteiger partial charge in [0.05, 0.1) is 6.20 Å². The number of aryl methyl sites for hydroxylation is 2. The van der Waals surface area contributed by atoms with Crippen LogP contribution in [0.3, 0.4) is 0 Å². The first-order valence-electron chi connectivity index (χ1n) is 5.87. The van der Waals surface area contributed by atoms with E-state index in [0.29, 0.717) is 0 Å². The molecule has 0 radical (unpaired) electrons. The Morgan fingerprint density at radius 3 is 2.53 bits per heavy atom. The Hall–Kier alpha value is -1.61. The van der Waals surface area contributed by atoms with E-state index in [9.17, 15) is 0 Å². The topological polar surface area (TPSA) is 38.1 Å². The van der Waals surface area contributed by atoms with Crippen LogP contribution in [0.15, 0.2) is 28.8 Å². The fraction of sp³-hybridized carbons (Fsp3) is 0.357. The molecule has 1 aromatic heterocycles. The van der Waals surface area contributed by atoms with Crippen LogP contribution in [0.1, 0.15) is 17.0 Å². The smallest absolute Gasteiger partial charge is 0.196 e. The van der Waals surface area contributed by atoms with Gasteiger partial charge in [0.2, 0.25) is 0 Å². The van der Waals surface area contributed by atoms with E-state index in [-0.39, 0.29) is 0 Å². The molecule has 0 saturated carbocycles. The summed E-state index contributed by atoms with van der Waals surface area (Å²) in [6.45, 7) is 5.07. The molecule has 0 fully saturated rings. The molecule has 0 atom stereocenters. The second-order valence-corrected chi connectivity index (χ2v) is 4.35. The van der Waals surface area contributed by atoms with Gasteiger partial charge in [-0.3, -0.25) is 0 Å². The van der Waals surface area contributed by atoms with Crippen molar-refractivity contribution in [2.24, 2.45) is 0 Å². The maximum Gasteiger partial charge on any atom is 0.196 e. The fourth-order valence-corrected chi connectivity index (χ4v) is 1.91. The summed E-state index contributed by atoms with van der Waals surface area (Å²) in [7, 11) is 1.92. The highest BCUT2D eigenvalue weighted by atomic mass is 16.4. The van der Waals surface area contributed by atoms with Gasteiger partial charge in [0.15, 0.2) is 11.7 Å². The van der Waals surface area contributed by atoms with E-state index in [1.54, 1.807) is 6.20 Å². The third-order valence-electron chi connectivity index (χ3n) is 2.65. The van der Waals surface area contributed by atoms with Crippen molar-refractivity contribution < 1.29 is 4.42 Å². The molecule has 1 heterocycles. The van der Waals surface area contributed by atoms with Crippen molar-refractivity contribution in [3.63, 3.8) is 0 Å². The highest BCUT2D eigenvalue weighted by Crippen LogP contribution is 2.23. The van der Waals surface area contributed by atoms with Gasteiger partial charge in [-0.2, -0.15) is 0 Å². The molecular weight excluding hydrogens is 212 g/mol. The van der Waals surface area contributed by atoms with Crippen molar-refractivity contribution in [2.45, 2.75) is 20.3 Å². The zero-order chi connectivity index (χ0) is 12.3. The third-order valence-corrected chi connectivity index (χ3v) is 2.65. The molecule has 0 aliphatic rings. The molecule has 90 valence electrons. The molecule has 1 N–H and O–H groups in total. The number of likely N-dealkylation sites (N-methyl/N-ethyl adjacent to an activating group) is 1. The van der Waals surface area contributed by atoms with E-state index in [2.05, 4.69) is 42.3 Å². The fourth-order valence-electron chi connectivity index (χ4n) is 1.91. The molecule has 0 amide bonds. The standard InChI is InChI=1S/C14H18N2O/c1-10-6-11(2)8-12(7-10)13-9-16-14(17-13)4-5-15-3/h6-9,15H,4-5H2,1-3H3.